The molecule has 0 unspecified atom stereocenters. The molecule has 1 N–H and O–H groups in total. The molecular formula is C14H18BrNO3. The van der Waals surface area contributed by atoms with Gasteiger partial charge in [0.1, 0.15) is 0 Å². The zero-order valence-electron chi connectivity index (χ0n) is 10.9. The number of halogens is 1. The van der Waals surface area contributed by atoms with Crippen molar-refractivity contribution in [1.29, 1.82) is 0 Å². The Morgan fingerprint density at radius 1 is 1.26 bits per heavy atom. The van der Waals surface area contributed by atoms with Gasteiger partial charge in [0.15, 0.2) is 0 Å². The molecule has 0 aliphatic heterocycles. The minimum atomic E-state index is -0.825. The predicted molar refractivity (Wildman–Crippen MR) is 77.0 cm³/mol. The summed E-state index contributed by atoms with van der Waals surface area (Å²) < 4.78 is 1.01. The Labute approximate surface area is 121 Å². The molecule has 1 rings (SSSR count). The van der Waals surface area contributed by atoms with Crippen LogP contribution in [0.5, 0.6) is 0 Å². The van der Waals surface area contributed by atoms with Gasteiger partial charge in [-0.1, -0.05) is 34.1 Å². The van der Waals surface area contributed by atoms with Crippen molar-refractivity contribution in [2.45, 2.75) is 25.7 Å². The average Bonchev–Trinajstić information content (AvgIpc) is 2.36. The fraction of sp³-hybridized carbons (Fsp3) is 0.429. The lowest BCUT2D eigenvalue weighted by molar-refractivity contribution is -0.138. The first kappa shape index (κ1) is 15.7. The number of amides is 1. The number of benzene rings is 1. The Kier molecular flexibility index (Phi) is 6.56. The Balaban J connectivity index is 2.34. The minimum absolute atomic E-state index is 0.0427. The molecule has 0 heterocycles. The predicted octanol–water partition coefficient (Wildman–Crippen LogP) is 2.70. The summed E-state index contributed by atoms with van der Waals surface area (Å²) in [6.07, 6.45) is 1.71. The van der Waals surface area contributed by atoms with E-state index in [1.807, 2.05) is 24.3 Å². The van der Waals surface area contributed by atoms with Crippen molar-refractivity contribution < 1.29 is 14.7 Å². The normalized spacial score (nSPS) is 10.2. The zero-order valence-corrected chi connectivity index (χ0v) is 12.5. The van der Waals surface area contributed by atoms with E-state index in [-0.39, 0.29) is 12.3 Å². The second-order valence-corrected chi connectivity index (χ2v) is 5.26. The highest BCUT2D eigenvalue weighted by Gasteiger charge is 2.10. The first-order chi connectivity index (χ1) is 9.00. The van der Waals surface area contributed by atoms with Crippen LogP contribution in [0.1, 0.15) is 24.8 Å². The van der Waals surface area contributed by atoms with Gasteiger partial charge in [-0.05, 0) is 24.5 Å². The molecule has 1 aromatic carbocycles. The second-order valence-electron chi connectivity index (χ2n) is 4.40. The first-order valence-electron chi connectivity index (χ1n) is 6.20. The van der Waals surface area contributed by atoms with E-state index in [1.165, 1.54) is 0 Å². The number of aliphatic carboxylic acids is 1. The third-order valence-corrected chi connectivity index (χ3v) is 3.65. The molecule has 0 bridgehead atoms. The van der Waals surface area contributed by atoms with Gasteiger partial charge in [0.2, 0.25) is 5.91 Å². The summed E-state index contributed by atoms with van der Waals surface area (Å²) in [5.74, 6) is -0.782. The van der Waals surface area contributed by atoms with E-state index < -0.39 is 5.97 Å². The van der Waals surface area contributed by atoms with Gasteiger partial charge in [0.05, 0.1) is 0 Å². The number of aryl methyl sites for hydroxylation is 1. The first-order valence-corrected chi connectivity index (χ1v) is 6.99. The monoisotopic (exact) mass is 327 g/mol. The third-order valence-electron chi connectivity index (χ3n) is 2.88. The number of carboxylic acid groups (broad SMARTS) is 1. The molecule has 0 aromatic heterocycles. The van der Waals surface area contributed by atoms with Gasteiger partial charge in [-0.3, -0.25) is 9.59 Å². The molecule has 5 heteroatoms. The van der Waals surface area contributed by atoms with Crippen molar-refractivity contribution in [2.24, 2.45) is 0 Å². The van der Waals surface area contributed by atoms with Crippen molar-refractivity contribution in [3.63, 3.8) is 0 Å². The maximum atomic E-state index is 11.9. The van der Waals surface area contributed by atoms with Gasteiger partial charge in [-0.2, -0.15) is 0 Å². The lowest BCUT2D eigenvalue weighted by atomic mass is 10.1. The number of rotatable bonds is 7. The maximum Gasteiger partial charge on any atom is 0.303 e. The van der Waals surface area contributed by atoms with Crippen LogP contribution in [0.25, 0.3) is 0 Å². The second kappa shape index (κ2) is 7.94. The van der Waals surface area contributed by atoms with E-state index in [2.05, 4.69) is 15.9 Å². The molecule has 0 atom stereocenters. The van der Waals surface area contributed by atoms with Crippen LogP contribution in [0, 0.1) is 0 Å². The van der Waals surface area contributed by atoms with E-state index in [0.717, 1.165) is 10.0 Å². The molecule has 0 fully saturated rings. The Morgan fingerprint density at radius 2 is 1.95 bits per heavy atom. The summed E-state index contributed by atoms with van der Waals surface area (Å²) in [4.78, 5) is 23.9. The largest absolute Gasteiger partial charge is 0.481 e. The van der Waals surface area contributed by atoms with E-state index in [0.29, 0.717) is 25.8 Å². The molecule has 0 spiro atoms. The van der Waals surface area contributed by atoms with Crippen molar-refractivity contribution >= 4 is 27.8 Å². The van der Waals surface area contributed by atoms with Crippen molar-refractivity contribution in [1.82, 2.24) is 4.90 Å². The van der Waals surface area contributed by atoms with Gasteiger partial charge >= 0.3 is 5.97 Å². The quantitative estimate of drug-likeness (QED) is 0.837. The highest BCUT2D eigenvalue weighted by Crippen LogP contribution is 2.17. The number of carbonyl (C=O) groups excluding carboxylic acids is 1. The molecule has 19 heavy (non-hydrogen) atoms. The standard InChI is InChI=1S/C14H18BrNO3/c1-16(10-4-7-14(18)19)13(17)9-8-11-5-2-3-6-12(11)15/h2-3,5-6H,4,7-10H2,1H3,(H,18,19). The third kappa shape index (κ3) is 5.87. The lowest BCUT2D eigenvalue weighted by Crippen LogP contribution is -2.28. The Morgan fingerprint density at radius 3 is 2.58 bits per heavy atom. The fourth-order valence-electron chi connectivity index (χ4n) is 1.73. The van der Waals surface area contributed by atoms with E-state index in [4.69, 9.17) is 5.11 Å². The van der Waals surface area contributed by atoms with Gasteiger partial charge in [0.25, 0.3) is 0 Å². The Hall–Kier alpha value is -1.36. The smallest absolute Gasteiger partial charge is 0.303 e. The van der Waals surface area contributed by atoms with Gasteiger partial charge in [-0.15, -0.1) is 0 Å². The number of carbonyl (C=O) groups is 2. The summed E-state index contributed by atoms with van der Waals surface area (Å²) in [5.41, 5.74) is 1.11. The molecule has 1 amide bonds. The molecule has 0 aliphatic rings. The maximum absolute atomic E-state index is 11.9. The van der Waals surface area contributed by atoms with Gasteiger partial charge < -0.3 is 10.0 Å². The zero-order chi connectivity index (χ0) is 14.3. The Bertz CT molecular complexity index is 448. The number of nitrogens with zero attached hydrogens (tertiary/aromatic N) is 1. The molecule has 0 aliphatic carbocycles. The highest BCUT2D eigenvalue weighted by molar-refractivity contribution is 9.10. The van der Waals surface area contributed by atoms with Gasteiger partial charge in [-0.25, -0.2) is 0 Å². The molecule has 4 nitrogen and oxygen atoms in total. The van der Waals surface area contributed by atoms with E-state index in [1.54, 1.807) is 11.9 Å². The van der Waals surface area contributed by atoms with Gasteiger partial charge in [0, 0.05) is 30.9 Å². The van der Waals surface area contributed by atoms with Crippen LogP contribution < -0.4 is 0 Å². The fourth-order valence-corrected chi connectivity index (χ4v) is 2.21. The van der Waals surface area contributed by atoms with Crippen LogP contribution in [0.2, 0.25) is 0 Å². The van der Waals surface area contributed by atoms with Crippen molar-refractivity contribution in [2.75, 3.05) is 13.6 Å². The SMILES string of the molecule is CN(CCCC(=O)O)C(=O)CCc1ccccc1Br. The van der Waals surface area contributed by atoms with Crippen LogP contribution in [0.15, 0.2) is 28.7 Å². The van der Waals surface area contributed by atoms with Crippen molar-refractivity contribution in [3.05, 3.63) is 34.3 Å². The molecule has 0 saturated heterocycles. The summed E-state index contributed by atoms with van der Waals surface area (Å²) in [5, 5.41) is 8.54. The number of carboxylic acids is 1. The average molecular weight is 328 g/mol. The topological polar surface area (TPSA) is 57.6 Å². The van der Waals surface area contributed by atoms with Crippen LogP contribution in [0.4, 0.5) is 0 Å². The molecular weight excluding hydrogens is 310 g/mol. The van der Waals surface area contributed by atoms with E-state index >= 15 is 0 Å². The number of hydrogen-bond acceptors (Lipinski definition) is 2. The van der Waals surface area contributed by atoms with E-state index in [9.17, 15) is 9.59 Å². The highest BCUT2D eigenvalue weighted by atomic mass is 79.9. The van der Waals surface area contributed by atoms with Crippen LogP contribution in [-0.2, 0) is 16.0 Å². The number of hydrogen-bond donors (Lipinski definition) is 1. The summed E-state index contributed by atoms with van der Waals surface area (Å²) in [6, 6.07) is 7.83. The summed E-state index contributed by atoms with van der Waals surface area (Å²) in [6.45, 7) is 0.487. The summed E-state index contributed by atoms with van der Waals surface area (Å²) >= 11 is 3.45. The molecule has 104 valence electrons. The summed E-state index contributed by atoms with van der Waals surface area (Å²) in [7, 11) is 1.71. The molecule has 1 aromatic rings. The van der Waals surface area contributed by atoms with Crippen LogP contribution in [-0.4, -0.2) is 35.5 Å². The van der Waals surface area contributed by atoms with Crippen molar-refractivity contribution in [3.8, 4) is 0 Å². The van der Waals surface area contributed by atoms with Crippen LogP contribution >= 0.6 is 15.9 Å². The molecule has 0 saturated carbocycles. The minimum Gasteiger partial charge on any atom is -0.481 e. The molecule has 0 radical (unpaired) electrons. The lowest BCUT2D eigenvalue weighted by Gasteiger charge is -2.16. The van der Waals surface area contributed by atoms with Crippen LogP contribution in [0.3, 0.4) is 0 Å².